The predicted molar refractivity (Wildman–Crippen MR) is 104 cm³/mol. The van der Waals surface area contributed by atoms with Crippen LogP contribution >= 0.6 is 0 Å². The molecule has 1 spiro atoms. The van der Waals surface area contributed by atoms with E-state index in [1.807, 2.05) is 0 Å². The van der Waals surface area contributed by atoms with E-state index >= 15 is 0 Å². The molecule has 9 nitrogen and oxygen atoms in total. The zero-order valence-electron chi connectivity index (χ0n) is 15.6. The summed E-state index contributed by atoms with van der Waals surface area (Å²) in [4.78, 5) is 36.8. The summed E-state index contributed by atoms with van der Waals surface area (Å²) in [7, 11) is 0. The highest BCUT2D eigenvalue weighted by molar-refractivity contribution is 6.13. The molecule has 0 aliphatic carbocycles. The number of carbonyl (C=O) groups is 3. The smallest absolute Gasteiger partial charge is 0.341 e. The normalized spacial score (nSPS) is 14.8. The molecule has 0 radical (unpaired) electrons. The highest BCUT2D eigenvalue weighted by Gasteiger charge is 2.55. The van der Waals surface area contributed by atoms with Gasteiger partial charge in [-0.25, -0.2) is 9.59 Å². The molecule has 9 heteroatoms. The fourth-order valence-electron chi connectivity index (χ4n) is 4.22. The van der Waals surface area contributed by atoms with Crippen molar-refractivity contribution in [2.75, 3.05) is 0 Å². The number of esters is 1. The number of hydrogen-bond acceptors (Lipinski definition) is 7. The number of benzene rings is 3. The highest BCUT2D eigenvalue weighted by atomic mass is 16.6. The van der Waals surface area contributed by atoms with Gasteiger partial charge < -0.3 is 30.5 Å². The Morgan fingerprint density at radius 1 is 0.871 bits per heavy atom. The maximum absolute atomic E-state index is 13.0. The number of carboxylic acid groups (broad SMARTS) is 1. The molecule has 2 aliphatic rings. The largest absolute Gasteiger partial charge is 0.508 e. The number of fused-ring (bicyclic) bond motifs is 6. The van der Waals surface area contributed by atoms with Crippen molar-refractivity contribution in [3.05, 3.63) is 81.9 Å². The number of phenols is 2. The number of carboxylic acids is 1. The summed E-state index contributed by atoms with van der Waals surface area (Å²) in [5, 5.41) is 29.3. The van der Waals surface area contributed by atoms with Gasteiger partial charge in [0.05, 0.1) is 16.7 Å². The van der Waals surface area contributed by atoms with Gasteiger partial charge in [0.2, 0.25) is 5.91 Å². The molecule has 1 amide bonds. The fraction of sp³-hybridized carbons (Fsp3) is 0.0455. The Labute approximate surface area is 173 Å². The molecular formula is C22H13NO8. The van der Waals surface area contributed by atoms with Crippen LogP contribution in [0.2, 0.25) is 0 Å². The third-order valence-electron chi connectivity index (χ3n) is 5.42. The lowest BCUT2D eigenvalue weighted by atomic mass is 9.76. The number of phenolic OH excluding ortho intramolecular Hbond substituents is 2. The molecular weight excluding hydrogens is 406 g/mol. The van der Waals surface area contributed by atoms with Crippen LogP contribution in [0.5, 0.6) is 23.0 Å². The number of nitrogens with two attached hydrogens (primary N) is 1. The van der Waals surface area contributed by atoms with Crippen LogP contribution in [0.4, 0.5) is 0 Å². The number of primary amides is 1. The minimum atomic E-state index is -1.61. The quantitative estimate of drug-likeness (QED) is 0.462. The van der Waals surface area contributed by atoms with E-state index in [1.54, 1.807) is 0 Å². The van der Waals surface area contributed by atoms with Gasteiger partial charge in [-0.3, -0.25) is 4.79 Å². The summed E-state index contributed by atoms with van der Waals surface area (Å²) < 4.78 is 11.7. The van der Waals surface area contributed by atoms with Crippen LogP contribution in [-0.2, 0) is 10.3 Å². The van der Waals surface area contributed by atoms with E-state index in [-0.39, 0.29) is 34.1 Å². The first-order valence-corrected chi connectivity index (χ1v) is 9.03. The van der Waals surface area contributed by atoms with E-state index in [4.69, 9.17) is 15.2 Å². The Bertz CT molecular complexity index is 1290. The van der Waals surface area contributed by atoms with Crippen LogP contribution in [0, 0.1) is 0 Å². The van der Waals surface area contributed by atoms with Gasteiger partial charge in [0, 0.05) is 28.8 Å². The zero-order valence-corrected chi connectivity index (χ0v) is 15.6. The zero-order chi connectivity index (χ0) is 22.1. The molecule has 154 valence electrons. The van der Waals surface area contributed by atoms with Crippen LogP contribution in [0.3, 0.4) is 0 Å². The van der Waals surface area contributed by atoms with Crippen LogP contribution in [0.15, 0.2) is 48.5 Å². The maximum Gasteiger partial charge on any atom is 0.341 e. The molecule has 2 heterocycles. The number of rotatable bonds is 2. The van der Waals surface area contributed by atoms with Crippen LogP contribution < -0.4 is 10.5 Å². The van der Waals surface area contributed by atoms with E-state index in [2.05, 4.69) is 0 Å². The van der Waals surface area contributed by atoms with Crippen LogP contribution in [0.25, 0.3) is 0 Å². The maximum atomic E-state index is 13.0. The molecule has 0 unspecified atom stereocenters. The number of carbonyl (C=O) groups excluding carboxylic acids is 2. The Morgan fingerprint density at radius 3 is 1.94 bits per heavy atom. The molecule has 0 fully saturated rings. The number of ether oxygens (including phenoxy) is 2. The van der Waals surface area contributed by atoms with Gasteiger partial charge in [-0.15, -0.1) is 0 Å². The van der Waals surface area contributed by atoms with Gasteiger partial charge in [-0.1, -0.05) is 6.07 Å². The van der Waals surface area contributed by atoms with Gasteiger partial charge in [0.25, 0.3) is 0 Å². The molecule has 5 rings (SSSR count). The first kappa shape index (κ1) is 18.5. The van der Waals surface area contributed by atoms with Crippen LogP contribution in [-0.4, -0.2) is 33.2 Å². The van der Waals surface area contributed by atoms with Crippen molar-refractivity contribution < 1.29 is 39.2 Å². The molecule has 0 bridgehead atoms. The highest BCUT2D eigenvalue weighted by Crippen LogP contribution is 2.57. The van der Waals surface area contributed by atoms with Crippen molar-refractivity contribution in [2.24, 2.45) is 5.73 Å². The Morgan fingerprint density at radius 2 is 1.42 bits per heavy atom. The Balaban J connectivity index is 1.92. The van der Waals surface area contributed by atoms with Gasteiger partial charge in [0.15, 0.2) is 5.60 Å². The van der Waals surface area contributed by atoms with Crippen molar-refractivity contribution in [3.63, 3.8) is 0 Å². The molecule has 0 atom stereocenters. The number of hydrogen-bond donors (Lipinski definition) is 4. The number of amides is 1. The van der Waals surface area contributed by atoms with E-state index in [9.17, 15) is 29.7 Å². The lowest BCUT2D eigenvalue weighted by Crippen LogP contribution is -2.33. The lowest BCUT2D eigenvalue weighted by molar-refractivity contribution is 0.0223. The summed E-state index contributed by atoms with van der Waals surface area (Å²) in [6, 6.07) is 10.9. The van der Waals surface area contributed by atoms with Crippen LogP contribution in [0.1, 0.15) is 47.8 Å². The van der Waals surface area contributed by atoms with Gasteiger partial charge in [-0.2, -0.15) is 0 Å². The Hall–Kier alpha value is -4.53. The second-order valence-corrected chi connectivity index (χ2v) is 7.11. The van der Waals surface area contributed by atoms with Gasteiger partial charge in [-0.05, 0) is 30.3 Å². The molecule has 31 heavy (non-hydrogen) atoms. The third-order valence-corrected chi connectivity index (χ3v) is 5.42. The molecule has 2 aliphatic heterocycles. The monoisotopic (exact) mass is 419 g/mol. The summed E-state index contributed by atoms with van der Waals surface area (Å²) in [6.07, 6.45) is 0. The fourth-order valence-corrected chi connectivity index (χ4v) is 4.22. The van der Waals surface area contributed by atoms with E-state index in [1.165, 1.54) is 48.5 Å². The van der Waals surface area contributed by atoms with Crippen molar-refractivity contribution >= 4 is 17.8 Å². The summed E-state index contributed by atoms with van der Waals surface area (Å²) in [6.45, 7) is 0. The second kappa shape index (κ2) is 5.99. The van der Waals surface area contributed by atoms with Crippen molar-refractivity contribution in [3.8, 4) is 23.0 Å². The topological polar surface area (TPSA) is 156 Å². The molecule has 5 N–H and O–H groups in total. The molecule has 0 saturated heterocycles. The van der Waals surface area contributed by atoms with E-state index < -0.39 is 34.6 Å². The number of aromatic carboxylic acids is 1. The molecule has 3 aromatic carbocycles. The molecule has 3 aromatic rings. The van der Waals surface area contributed by atoms with Crippen molar-refractivity contribution in [2.45, 2.75) is 5.60 Å². The predicted octanol–water partition coefficient (Wildman–Crippen LogP) is 2.46. The summed E-state index contributed by atoms with van der Waals surface area (Å²) in [5.41, 5.74) is 3.55. The Kier molecular flexibility index (Phi) is 3.57. The minimum absolute atomic E-state index is 0.110. The second-order valence-electron chi connectivity index (χ2n) is 7.11. The van der Waals surface area contributed by atoms with Crippen molar-refractivity contribution in [1.29, 1.82) is 0 Å². The minimum Gasteiger partial charge on any atom is -0.508 e. The average Bonchev–Trinajstić information content (AvgIpc) is 3.00. The standard InChI is InChI=1S/C22H13NO8/c23-19(26)17-11(20(27)28)3-6-14-18(17)21(29)31-22(14)12-4-1-9(24)7-15(12)30-16-8-10(25)2-5-13(16)22/h1-8,24-25H,(H2,23,26)(H,27,28). The average molecular weight is 419 g/mol. The summed E-state index contributed by atoms with van der Waals surface area (Å²) in [5.74, 6) is -3.36. The van der Waals surface area contributed by atoms with Gasteiger partial charge >= 0.3 is 11.9 Å². The third kappa shape index (κ3) is 2.34. The first-order chi connectivity index (χ1) is 14.7. The SMILES string of the molecule is NC(=O)c1c(C(=O)O)ccc2c1C(=O)OC21c2ccc(O)cc2Oc2cc(O)ccc21. The molecule has 0 saturated carbocycles. The molecule has 0 aromatic heterocycles. The van der Waals surface area contributed by atoms with E-state index in [0.717, 1.165) is 0 Å². The van der Waals surface area contributed by atoms with Crippen molar-refractivity contribution in [1.82, 2.24) is 0 Å². The first-order valence-electron chi connectivity index (χ1n) is 9.03. The summed E-state index contributed by atoms with van der Waals surface area (Å²) >= 11 is 0. The lowest BCUT2D eigenvalue weighted by Gasteiger charge is -2.36. The number of aromatic hydroxyl groups is 2. The van der Waals surface area contributed by atoms with Gasteiger partial charge in [0.1, 0.15) is 23.0 Å². The van der Waals surface area contributed by atoms with E-state index in [0.29, 0.717) is 11.1 Å².